The number of para-hydroxylation sites is 1. The van der Waals surface area contributed by atoms with Crippen LogP contribution in [0.15, 0.2) is 91.8 Å². The predicted octanol–water partition coefficient (Wildman–Crippen LogP) is 6.58. The fraction of sp³-hybridized carbons (Fsp3) is 0.242. The Morgan fingerprint density at radius 3 is 2.64 bits per heavy atom. The van der Waals surface area contributed by atoms with E-state index in [9.17, 15) is 4.79 Å². The highest BCUT2D eigenvalue weighted by molar-refractivity contribution is 7.99. The molecule has 4 aromatic rings. The molecule has 1 atom stereocenters. The van der Waals surface area contributed by atoms with E-state index in [0.717, 1.165) is 53.8 Å². The molecule has 0 radical (unpaired) electrons. The second-order valence-electron chi connectivity index (χ2n) is 10.2. The van der Waals surface area contributed by atoms with Gasteiger partial charge in [0, 0.05) is 43.1 Å². The summed E-state index contributed by atoms with van der Waals surface area (Å²) in [7, 11) is 1.63. The van der Waals surface area contributed by atoms with Crippen molar-refractivity contribution in [3.05, 3.63) is 97.3 Å². The van der Waals surface area contributed by atoms with E-state index in [2.05, 4.69) is 38.1 Å². The quantitative estimate of drug-likeness (QED) is 0.192. The first kappa shape index (κ1) is 29.3. The van der Waals surface area contributed by atoms with Gasteiger partial charge in [0.05, 0.1) is 36.8 Å². The number of anilines is 5. The lowest BCUT2D eigenvalue weighted by Crippen LogP contribution is -2.33. The van der Waals surface area contributed by atoms with Gasteiger partial charge in [0.25, 0.3) is 0 Å². The summed E-state index contributed by atoms with van der Waals surface area (Å²) in [6.45, 7) is 5.93. The topological polar surface area (TPSA) is 101 Å². The average molecular weight is 611 g/mol. The Hall–Kier alpha value is -4.74. The summed E-state index contributed by atoms with van der Waals surface area (Å²) >= 11 is 1.92. The molecular formula is C33H34N6O4S. The van der Waals surface area contributed by atoms with Gasteiger partial charge in [-0.1, -0.05) is 36.9 Å². The lowest BCUT2D eigenvalue weighted by atomic mass is 10.0. The van der Waals surface area contributed by atoms with Crippen LogP contribution < -0.4 is 30.1 Å². The number of aromatic nitrogens is 2. The molecule has 1 amide bonds. The summed E-state index contributed by atoms with van der Waals surface area (Å²) < 4.78 is 11.8. The predicted molar refractivity (Wildman–Crippen MR) is 175 cm³/mol. The van der Waals surface area contributed by atoms with Gasteiger partial charge < -0.3 is 25.0 Å². The minimum Gasteiger partial charge on any atom is -0.494 e. The molecule has 0 spiro atoms. The third-order valence-electron chi connectivity index (χ3n) is 7.38. The molecule has 2 aliphatic heterocycles. The van der Waals surface area contributed by atoms with Crippen LogP contribution in [0.1, 0.15) is 18.0 Å². The number of benzene rings is 3. The molecule has 11 heteroatoms. The number of hydrogen-bond donors (Lipinski definition) is 2. The third kappa shape index (κ3) is 6.74. The minimum atomic E-state index is -0.284. The molecule has 2 fully saturated rings. The monoisotopic (exact) mass is 610 g/mol. The number of methoxy groups -OCH3 is 1. The van der Waals surface area contributed by atoms with E-state index >= 15 is 0 Å². The number of thioether (sulfide) groups is 1. The molecule has 0 aliphatic carbocycles. The van der Waals surface area contributed by atoms with E-state index in [1.165, 1.54) is 12.4 Å². The molecule has 3 heterocycles. The smallest absolute Gasteiger partial charge is 0.247 e. The number of carbonyl (C=O) groups excluding carboxylic acids is 1. The Bertz CT molecular complexity index is 1620. The summed E-state index contributed by atoms with van der Waals surface area (Å²) in [5, 5.41) is 8.14. The standard InChI is InChI=1S/C33H34N6O4S/c1-3-33(40)37-26-19-27(30(41-2)20-29(26)38-13-16-44-17-14-38)36-31-21-32(35-22-34-31)39-28(12-15-42-39)23-8-7-11-25(18-23)43-24-9-5-4-6-10-24/h3-11,18-22,28H,1,12-17H2,2H3,(H,37,40)(H,34,35,36). The second-order valence-corrected chi connectivity index (χ2v) is 11.4. The van der Waals surface area contributed by atoms with Crippen molar-refractivity contribution in [3.63, 3.8) is 0 Å². The van der Waals surface area contributed by atoms with E-state index in [-0.39, 0.29) is 11.9 Å². The largest absolute Gasteiger partial charge is 0.494 e. The van der Waals surface area contributed by atoms with E-state index < -0.39 is 0 Å². The van der Waals surface area contributed by atoms with Gasteiger partial charge in [-0.3, -0.25) is 9.63 Å². The average Bonchev–Trinajstić information content (AvgIpc) is 3.56. The number of nitrogens with one attached hydrogen (secondary N) is 2. The van der Waals surface area contributed by atoms with Crippen molar-refractivity contribution in [1.29, 1.82) is 0 Å². The van der Waals surface area contributed by atoms with Crippen molar-refractivity contribution >= 4 is 46.4 Å². The van der Waals surface area contributed by atoms with Gasteiger partial charge in [-0.25, -0.2) is 15.0 Å². The van der Waals surface area contributed by atoms with Gasteiger partial charge in [-0.05, 0) is 42.0 Å². The maximum atomic E-state index is 12.3. The molecule has 1 aromatic heterocycles. The number of ether oxygens (including phenoxy) is 2. The highest BCUT2D eigenvalue weighted by atomic mass is 32.2. The summed E-state index contributed by atoms with van der Waals surface area (Å²) in [5.74, 6) is 5.07. The van der Waals surface area contributed by atoms with Crippen molar-refractivity contribution < 1.29 is 19.1 Å². The van der Waals surface area contributed by atoms with Crippen LogP contribution in [-0.4, -0.2) is 54.2 Å². The maximum absolute atomic E-state index is 12.3. The Labute approximate surface area is 261 Å². The highest BCUT2D eigenvalue weighted by Gasteiger charge is 2.30. The summed E-state index contributed by atoms with van der Waals surface area (Å²) in [4.78, 5) is 29.6. The van der Waals surface area contributed by atoms with Crippen molar-refractivity contribution in [3.8, 4) is 17.2 Å². The SMILES string of the molecule is C=CC(=O)Nc1cc(Nc2cc(N3OCCC3c3cccc(Oc4ccccc4)c3)ncn2)c(OC)cc1N1CCSCC1. The number of rotatable bonds is 10. The molecule has 3 aromatic carbocycles. The highest BCUT2D eigenvalue weighted by Crippen LogP contribution is 2.40. The van der Waals surface area contributed by atoms with Crippen molar-refractivity contribution in [2.45, 2.75) is 12.5 Å². The molecule has 6 rings (SSSR count). The van der Waals surface area contributed by atoms with E-state index in [4.69, 9.17) is 14.3 Å². The molecular weight excluding hydrogens is 576 g/mol. The second kappa shape index (κ2) is 13.7. The van der Waals surface area contributed by atoms with Crippen LogP contribution in [0.4, 0.5) is 28.7 Å². The molecule has 2 N–H and O–H groups in total. The van der Waals surface area contributed by atoms with Gasteiger partial charge in [0.15, 0.2) is 5.82 Å². The zero-order valence-corrected chi connectivity index (χ0v) is 25.3. The normalized spacial score (nSPS) is 16.3. The fourth-order valence-electron chi connectivity index (χ4n) is 5.27. The first-order chi connectivity index (χ1) is 21.6. The maximum Gasteiger partial charge on any atom is 0.247 e. The minimum absolute atomic E-state index is 0.0608. The van der Waals surface area contributed by atoms with Gasteiger partial charge >= 0.3 is 0 Å². The van der Waals surface area contributed by atoms with Gasteiger partial charge in [-0.15, -0.1) is 0 Å². The first-order valence-corrected chi connectivity index (χ1v) is 15.6. The molecule has 2 aliphatic rings. The molecule has 44 heavy (non-hydrogen) atoms. The Morgan fingerprint density at radius 2 is 1.84 bits per heavy atom. The Balaban J connectivity index is 1.25. The van der Waals surface area contributed by atoms with Gasteiger partial charge in [-0.2, -0.15) is 11.8 Å². The number of hydrogen-bond acceptors (Lipinski definition) is 10. The van der Waals surface area contributed by atoms with Crippen LogP contribution in [0.3, 0.4) is 0 Å². The zero-order valence-electron chi connectivity index (χ0n) is 24.4. The lowest BCUT2D eigenvalue weighted by Gasteiger charge is -2.31. The van der Waals surface area contributed by atoms with Crippen LogP contribution in [0, 0.1) is 0 Å². The van der Waals surface area contributed by atoms with E-state index in [1.807, 2.05) is 83.6 Å². The van der Waals surface area contributed by atoms with Crippen molar-refractivity contribution in [2.24, 2.45) is 0 Å². The van der Waals surface area contributed by atoms with Gasteiger partial charge in [0.2, 0.25) is 5.91 Å². The van der Waals surface area contributed by atoms with Crippen molar-refractivity contribution in [2.75, 3.05) is 58.9 Å². The van der Waals surface area contributed by atoms with Crippen LogP contribution in [0.5, 0.6) is 17.2 Å². The summed E-state index contributed by atoms with van der Waals surface area (Å²) in [6.07, 6.45) is 3.55. The van der Waals surface area contributed by atoms with Crippen molar-refractivity contribution in [1.82, 2.24) is 9.97 Å². The summed E-state index contributed by atoms with van der Waals surface area (Å²) in [5.41, 5.74) is 3.27. The molecule has 226 valence electrons. The van der Waals surface area contributed by atoms with Crippen LogP contribution in [0.2, 0.25) is 0 Å². The molecule has 10 nitrogen and oxygen atoms in total. The zero-order chi connectivity index (χ0) is 30.3. The number of nitrogens with zero attached hydrogens (tertiary/aromatic N) is 4. The molecule has 0 bridgehead atoms. The van der Waals surface area contributed by atoms with Crippen LogP contribution in [0.25, 0.3) is 0 Å². The first-order valence-electron chi connectivity index (χ1n) is 14.4. The molecule has 1 unspecified atom stereocenters. The van der Waals surface area contributed by atoms with Gasteiger partial charge in [0.1, 0.15) is 29.4 Å². The lowest BCUT2D eigenvalue weighted by molar-refractivity contribution is -0.111. The van der Waals surface area contributed by atoms with Crippen LogP contribution in [-0.2, 0) is 9.63 Å². The fourth-order valence-corrected chi connectivity index (χ4v) is 6.17. The Kier molecular flexibility index (Phi) is 9.14. The van der Waals surface area contributed by atoms with E-state index in [1.54, 1.807) is 7.11 Å². The third-order valence-corrected chi connectivity index (χ3v) is 8.32. The number of hydroxylamine groups is 1. The van der Waals surface area contributed by atoms with Crippen LogP contribution >= 0.6 is 11.8 Å². The molecule has 0 saturated carbocycles. The Morgan fingerprint density at radius 1 is 1.02 bits per heavy atom. The molecule has 2 saturated heterocycles. The summed E-state index contributed by atoms with van der Waals surface area (Å²) in [6, 6.07) is 23.3. The van der Waals surface area contributed by atoms with E-state index in [0.29, 0.717) is 35.4 Å². The number of amides is 1. The number of carbonyl (C=O) groups is 1.